The van der Waals surface area contributed by atoms with E-state index in [4.69, 9.17) is 10.1 Å². The lowest BCUT2D eigenvalue weighted by Gasteiger charge is -2.28. The highest BCUT2D eigenvalue weighted by Crippen LogP contribution is 2.14. The largest absolute Gasteiger partial charge is 0.378 e. The van der Waals surface area contributed by atoms with E-state index < -0.39 is 0 Å². The highest BCUT2D eigenvalue weighted by atomic mass is 16.5. The molecule has 1 aromatic carbocycles. The Bertz CT molecular complexity index is 960. The average molecular weight is 367 g/mol. The van der Waals surface area contributed by atoms with Crippen LogP contribution < -0.4 is 11.0 Å². The maximum absolute atomic E-state index is 12.8. The van der Waals surface area contributed by atoms with Crippen LogP contribution in [0.4, 0.5) is 5.69 Å². The van der Waals surface area contributed by atoms with Gasteiger partial charge in [0, 0.05) is 20.1 Å². The number of benzene rings is 1. The fraction of sp³-hybridized carbons (Fsp3) is 0.333. The molecule has 2 heterocycles. The van der Waals surface area contributed by atoms with Crippen LogP contribution in [0.15, 0.2) is 40.2 Å². The molecule has 0 radical (unpaired) electrons. The number of hydrogen-bond acceptors (Lipinski definition) is 6. The molecule has 27 heavy (non-hydrogen) atoms. The van der Waals surface area contributed by atoms with Gasteiger partial charge in [0.2, 0.25) is 5.71 Å². The number of amidine groups is 1. The Morgan fingerprint density at radius 3 is 2.59 bits per heavy atom. The topological polar surface area (TPSA) is 111 Å². The predicted molar refractivity (Wildman–Crippen MR) is 103 cm³/mol. The number of nitriles is 1. The molecule has 9 heteroatoms. The molecular formula is C18H21N7O2. The smallest absolute Gasteiger partial charge is 0.296 e. The van der Waals surface area contributed by atoms with Crippen molar-refractivity contribution >= 4 is 17.2 Å². The van der Waals surface area contributed by atoms with Crippen LogP contribution in [-0.2, 0) is 11.8 Å². The van der Waals surface area contributed by atoms with Crippen LogP contribution in [0.5, 0.6) is 0 Å². The molecule has 0 aliphatic carbocycles. The second-order valence-electron chi connectivity index (χ2n) is 6.07. The Labute approximate surface area is 156 Å². The number of anilines is 1. The molecule has 1 aliphatic heterocycles. The summed E-state index contributed by atoms with van der Waals surface area (Å²) < 4.78 is 8.50. The van der Waals surface area contributed by atoms with Crippen LogP contribution >= 0.6 is 0 Å². The number of hydrogen-bond donors (Lipinski definition) is 2. The summed E-state index contributed by atoms with van der Waals surface area (Å²) in [6, 6.07) is 11.2. The van der Waals surface area contributed by atoms with Crippen molar-refractivity contribution in [3.63, 3.8) is 0 Å². The van der Waals surface area contributed by atoms with Crippen molar-refractivity contribution in [2.75, 3.05) is 31.7 Å². The van der Waals surface area contributed by atoms with Gasteiger partial charge in [0.15, 0.2) is 5.84 Å². The monoisotopic (exact) mass is 367 g/mol. The zero-order chi connectivity index (χ0) is 19.4. The van der Waals surface area contributed by atoms with Crippen LogP contribution in [0.25, 0.3) is 5.69 Å². The van der Waals surface area contributed by atoms with Gasteiger partial charge in [-0.1, -0.05) is 18.2 Å². The van der Waals surface area contributed by atoms with Crippen molar-refractivity contribution < 1.29 is 4.74 Å². The summed E-state index contributed by atoms with van der Waals surface area (Å²) in [5.74, 6) is 0.0188. The lowest BCUT2D eigenvalue weighted by Crippen LogP contribution is -2.43. The molecule has 2 N–H and O–H groups in total. The van der Waals surface area contributed by atoms with Gasteiger partial charge in [-0.15, -0.1) is 0 Å². The van der Waals surface area contributed by atoms with Crippen LogP contribution in [0, 0.1) is 23.7 Å². The predicted octanol–water partition coefficient (Wildman–Crippen LogP) is 1.09. The molecule has 1 saturated heterocycles. The molecule has 0 unspecified atom stereocenters. The summed E-state index contributed by atoms with van der Waals surface area (Å²) >= 11 is 0. The summed E-state index contributed by atoms with van der Waals surface area (Å²) in [7, 11) is 1.78. The van der Waals surface area contributed by atoms with Gasteiger partial charge in [-0.3, -0.25) is 20.3 Å². The number of ether oxygens (including phenoxy) is 1. The molecule has 0 spiro atoms. The Balaban J connectivity index is 1.89. The van der Waals surface area contributed by atoms with Gasteiger partial charge in [0.05, 0.1) is 24.6 Å². The Morgan fingerprint density at radius 2 is 1.96 bits per heavy atom. The van der Waals surface area contributed by atoms with E-state index in [1.165, 1.54) is 4.68 Å². The molecule has 0 amide bonds. The zero-order valence-electron chi connectivity index (χ0n) is 15.3. The van der Waals surface area contributed by atoms with E-state index in [9.17, 15) is 10.1 Å². The van der Waals surface area contributed by atoms with Crippen molar-refractivity contribution in [3.05, 3.63) is 46.4 Å². The third kappa shape index (κ3) is 3.61. The lowest BCUT2D eigenvalue weighted by molar-refractivity contribution is 0.0686. The van der Waals surface area contributed by atoms with Crippen molar-refractivity contribution in [1.29, 1.82) is 10.7 Å². The minimum atomic E-state index is -0.278. The van der Waals surface area contributed by atoms with E-state index in [1.807, 2.05) is 36.4 Å². The third-order valence-electron chi connectivity index (χ3n) is 4.49. The van der Waals surface area contributed by atoms with Gasteiger partial charge < -0.3 is 9.64 Å². The van der Waals surface area contributed by atoms with E-state index >= 15 is 0 Å². The van der Waals surface area contributed by atoms with Crippen LogP contribution in [0.3, 0.4) is 0 Å². The number of rotatable bonds is 4. The minimum absolute atomic E-state index is 0.0188. The lowest BCUT2D eigenvalue weighted by atomic mass is 10.3. The fourth-order valence-electron chi connectivity index (χ4n) is 2.88. The van der Waals surface area contributed by atoms with Gasteiger partial charge in [-0.2, -0.15) is 10.4 Å². The number of aromatic nitrogens is 2. The van der Waals surface area contributed by atoms with Gasteiger partial charge in [0.25, 0.3) is 5.56 Å². The standard InChI is InChI=1S/C18H21N7O2/c1-13-16(18(26)25(23(13)2)14-6-4-3-5-7-14)22-21-15(12-19)17(20)24-8-10-27-11-9-24/h3-7,20,22H,8-11H2,1-2H3/b20-17?,21-15-. The highest BCUT2D eigenvalue weighted by molar-refractivity contribution is 6.46. The number of para-hydroxylation sites is 1. The first-order valence-corrected chi connectivity index (χ1v) is 8.54. The Kier molecular flexibility index (Phi) is 5.38. The average Bonchev–Trinajstić information content (AvgIpc) is 2.92. The molecule has 2 aromatic rings. The van der Waals surface area contributed by atoms with Crippen LogP contribution in [0.1, 0.15) is 5.69 Å². The van der Waals surface area contributed by atoms with Crippen LogP contribution in [0.2, 0.25) is 0 Å². The van der Waals surface area contributed by atoms with Gasteiger partial charge >= 0.3 is 0 Å². The first kappa shape index (κ1) is 18.4. The molecule has 1 aliphatic rings. The number of hydrazone groups is 1. The van der Waals surface area contributed by atoms with Crippen molar-refractivity contribution in [3.8, 4) is 11.8 Å². The van der Waals surface area contributed by atoms with Crippen molar-refractivity contribution in [2.45, 2.75) is 6.92 Å². The minimum Gasteiger partial charge on any atom is -0.378 e. The molecule has 0 saturated carbocycles. The summed E-state index contributed by atoms with van der Waals surface area (Å²) in [4.78, 5) is 14.6. The molecule has 0 atom stereocenters. The van der Waals surface area contributed by atoms with E-state index in [0.717, 1.165) is 5.69 Å². The quantitative estimate of drug-likeness (QED) is 0.477. The molecule has 1 fully saturated rings. The van der Waals surface area contributed by atoms with Gasteiger partial charge in [-0.05, 0) is 19.1 Å². The molecule has 3 rings (SSSR count). The van der Waals surface area contributed by atoms with E-state index in [1.54, 1.807) is 23.6 Å². The van der Waals surface area contributed by atoms with Gasteiger partial charge in [-0.25, -0.2) is 4.68 Å². The van der Waals surface area contributed by atoms with E-state index in [2.05, 4.69) is 10.5 Å². The summed E-state index contributed by atoms with van der Waals surface area (Å²) in [6.07, 6.45) is 0. The molecular weight excluding hydrogens is 346 g/mol. The summed E-state index contributed by atoms with van der Waals surface area (Å²) in [6.45, 7) is 3.87. The number of morpholine rings is 1. The number of nitrogens with zero attached hydrogens (tertiary/aromatic N) is 5. The normalized spacial score (nSPS) is 14.7. The third-order valence-corrected chi connectivity index (χ3v) is 4.49. The second kappa shape index (κ2) is 7.88. The Hall–Kier alpha value is -3.38. The molecule has 0 bridgehead atoms. The number of nitrogens with one attached hydrogen (secondary N) is 2. The summed E-state index contributed by atoms with van der Waals surface area (Å²) in [5.41, 5.74) is 4.01. The molecule has 9 nitrogen and oxygen atoms in total. The maximum atomic E-state index is 12.8. The zero-order valence-corrected chi connectivity index (χ0v) is 15.3. The van der Waals surface area contributed by atoms with E-state index in [0.29, 0.717) is 32.0 Å². The maximum Gasteiger partial charge on any atom is 0.296 e. The summed E-state index contributed by atoms with van der Waals surface area (Å²) in [5, 5.41) is 21.6. The van der Waals surface area contributed by atoms with Gasteiger partial charge in [0.1, 0.15) is 11.8 Å². The SMILES string of the molecule is Cc1c(N/N=C(/C#N)C(=N)N2CCOCC2)c(=O)n(-c2ccccc2)n1C. The molecule has 140 valence electrons. The van der Waals surface area contributed by atoms with Crippen LogP contribution in [-0.4, -0.2) is 52.1 Å². The first-order chi connectivity index (χ1) is 13.0. The van der Waals surface area contributed by atoms with E-state index in [-0.39, 0.29) is 22.8 Å². The molecule has 1 aromatic heterocycles. The Morgan fingerprint density at radius 1 is 1.30 bits per heavy atom. The highest BCUT2D eigenvalue weighted by Gasteiger charge is 2.20. The fourth-order valence-corrected chi connectivity index (χ4v) is 2.88. The first-order valence-electron chi connectivity index (χ1n) is 8.54. The van der Waals surface area contributed by atoms with Crippen molar-refractivity contribution in [1.82, 2.24) is 14.3 Å². The van der Waals surface area contributed by atoms with Crippen molar-refractivity contribution in [2.24, 2.45) is 12.1 Å². The second-order valence-corrected chi connectivity index (χ2v) is 6.07.